The fraction of sp³-hybridized carbons (Fsp3) is 0.368. The lowest BCUT2D eigenvalue weighted by atomic mass is 9.94. The van der Waals surface area contributed by atoms with Gasteiger partial charge in [0.1, 0.15) is 12.4 Å². The first kappa shape index (κ1) is 15.9. The summed E-state index contributed by atoms with van der Waals surface area (Å²) >= 11 is 0. The van der Waals surface area contributed by atoms with Crippen LogP contribution in [0.1, 0.15) is 17.8 Å². The quantitative estimate of drug-likeness (QED) is 0.862. The number of rotatable bonds is 3. The van der Waals surface area contributed by atoms with Crippen molar-refractivity contribution < 1.29 is 14.3 Å². The monoisotopic (exact) mass is 339 g/mol. The first-order valence-electron chi connectivity index (χ1n) is 8.47. The molecule has 6 heteroatoms. The van der Waals surface area contributed by atoms with E-state index in [-0.39, 0.29) is 24.8 Å². The first-order chi connectivity index (χ1) is 12.2. The van der Waals surface area contributed by atoms with Crippen LogP contribution in [-0.4, -0.2) is 45.8 Å². The zero-order chi connectivity index (χ0) is 17.2. The average Bonchev–Trinajstić information content (AvgIpc) is 3.05. The van der Waals surface area contributed by atoms with Crippen molar-refractivity contribution in [1.82, 2.24) is 14.5 Å². The maximum absolute atomic E-state index is 12.6. The van der Waals surface area contributed by atoms with Gasteiger partial charge in [0, 0.05) is 19.4 Å². The molecule has 1 saturated heterocycles. The van der Waals surface area contributed by atoms with Gasteiger partial charge in [-0.2, -0.15) is 0 Å². The third kappa shape index (κ3) is 3.17. The number of carbonyl (C=O) groups is 1. The SMILES string of the molecule is Cn1ccnc1C1=CC2COCC(C1)N2C(=O)OCc1ccccc1. The number of imidazole rings is 1. The number of nitrogens with zero attached hydrogens (tertiary/aromatic N) is 3. The van der Waals surface area contributed by atoms with Crippen molar-refractivity contribution in [1.29, 1.82) is 0 Å². The van der Waals surface area contributed by atoms with Crippen molar-refractivity contribution >= 4 is 11.7 Å². The molecule has 0 spiro atoms. The molecule has 130 valence electrons. The molecule has 1 fully saturated rings. The molecule has 2 bridgehead atoms. The minimum absolute atomic E-state index is 0.0151. The van der Waals surface area contributed by atoms with Gasteiger partial charge in [-0.15, -0.1) is 0 Å². The zero-order valence-electron chi connectivity index (χ0n) is 14.2. The molecule has 2 aliphatic rings. The van der Waals surface area contributed by atoms with Crippen LogP contribution in [0.25, 0.3) is 5.57 Å². The van der Waals surface area contributed by atoms with Gasteiger partial charge < -0.3 is 14.0 Å². The van der Waals surface area contributed by atoms with E-state index in [4.69, 9.17) is 9.47 Å². The van der Waals surface area contributed by atoms with E-state index in [9.17, 15) is 4.79 Å². The van der Waals surface area contributed by atoms with Gasteiger partial charge >= 0.3 is 6.09 Å². The van der Waals surface area contributed by atoms with Gasteiger partial charge in [0.05, 0.1) is 25.3 Å². The molecule has 3 heterocycles. The Morgan fingerprint density at radius 3 is 2.88 bits per heavy atom. The molecular weight excluding hydrogens is 318 g/mol. The van der Waals surface area contributed by atoms with Gasteiger partial charge in [0.25, 0.3) is 0 Å². The Morgan fingerprint density at radius 2 is 2.16 bits per heavy atom. The summed E-state index contributed by atoms with van der Waals surface area (Å²) in [4.78, 5) is 18.9. The number of hydrogen-bond acceptors (Lipinski definition) is 4. The van der Waals surface area contributed by atoms with E-state index in [1.807, 2.05) is 53.0 Å². The van der Waals surface area contributed by atoms with E-state index in [0.29, 0.717) is 13.2 Å². The normalized spacial score (nSPS) is 22.4. The highest BCUT2D eigenvalue weighted by Gasteiger charge is 2.39. The predicted molar refractivity (Wildman–Crippen MR) is 92.7 cm³/mol. The van der Waals surface area contributed by atoms with Crippen LogP contribution in [0.15, 0.2) is 48.8 Å². The summed E-state index contributed by atoms with van der Waals surface area (Å²) in [5.74, 6) is 0.953. The molecule has 0 N–H and O–H groups in total. The summed E-state index contributed by atoms with van der Waals surface area (Å²) in [6, 6.07) is 9.60. The Morgan fingerprint density at radius 1 is 1.32 bits per heavy atom. The van der Waals surface area contributed by atoms with Crippen molar-refractivity contribution in [3.63, 3.8) is 0 Å². The first-order valence-corrected chi connectivity index (χ1v) is 8.47. The Balaban J connectivity index is 1.50. The Kier molecular flexibility index (Phi) is 4.28. The molecule has 2 aliphatic heterocycles. The number of ether oxygens (including phenoxy) is 2. The highest BCUT2D eigenvalue weighted by Crippen LogP contribution is 2.32. The highest BCUT2D eigenvalue weighted by molar-refractivity contribution is 5.73. The smallest absolute Gasteiger partial charge is 0.411 e. The number of carbonyl (C=O) groups excluding carboxylic acids is 1. The van der Waals surface area contributed by atoms with Gasteiger partial charge in [-0.05, 0) is 17.6 Å². The average molecular weight is 339 g/mol. The predicted octanol–water partition coefficient (Wildman–Crippen LogP) is 2.61. The molecule has 0 aliphatic carbocycles. The van der Waals surface area contributed by atoms with Crippen LogP contribution in [0.5, 0.6) is 0 Å². The number of aryl methyl sites for hydroxylation is 1. The summed E-state index contributed by atoms with van der Waals surface area (Å²) in [6.07, 6.45) is 6.26. The summed E-state index contributed by atoms with van der Waals surface area (Å²) in [6.45, 7) is 1.30. The Bertz CT molecular complexity index is 784. The van der Waals surface area contributed by atoms with Crippen LogP contribution in [0.4, 0.5) is 4.79 Å². The van der Waals surface area contributed by atoms with Gasteiger partial charge in [-0.25, -0.2) is 9.78 Å². The minimum Gasteiger partial charge on any atom is -0.445 e. The molecule has 2 aromatic rings. The molecule has 2 unspecified atom stereocenters. The molecule has 2 atom stereocenters. The molecule has 4 rings (SSSR count). The highest BCUT2D eigenvalue weighted by atomic mass is 16.6. The third-order valence-corrected chi connectivity index (χ3v) is 4.72. The standard InChI is InChI=1S/C19H21N3O3/c1-21-8-7-20-18(21)15-9-16-12-24-13-17(10-15)22(16)19(23)25-11-14-5-3-2-4-6-14/h2-9,16-17H,10-13H2,1H3. The number of aromatic nitrogens is 2. The molecule has 6 nitrogen and oxygen atoms in total. The van der Waals surface area contributed by atoms with Crippen molar-refractivity contribution in [2.45, 2.75) is 25.1 Å². The fourth-order valence-electron chi connectivity index (χ4n) is 3.52. The van der Waals surface area contributed by atoms with Crippen LogP contribution in [0.3, 0.4) is 0 Å². The van der Waals surface area contributed by atoms with Gasteiger partial charge in [-0.3, -0.25) is 4.90 Å². The molecule has 25 heavy (non-hydrogen) atoms. The van der Waals surface area contributed by atoms with E-state index in [1.54, 1.807) is 6.20 Å². The number of benzene rings is 1. The lowest BCUT2D eigenvalue weighted by Crippen LogP contribution is -2.56. The summed E-state index contributed by atoms with van der Waals surface area (Å²) < 4.78 is 13.2. The molecule has 1 aromatic heterocycles. The Hall–Kier alpha value is -2.60. The maximum Gasteiger partial charge on any atom is 0.411 e. The summed E-state index contributed by atoms with van der Waals surface area (Å²) in [5.41, 5.74) is 2.15. The fourth-order valence-corrected chi connectivity index (χ4v) is 3.52. The number of hydrogen-bond donors (Lipinski definition) is 0. The third-order valence-electron chi connectivity index (χ3n) is 4.72. The number of fused-ring (bicyclic) bond motifs is 2. The summed E-state index contributed by atoms with van der Waals surface area (Å²) in [5, 5.41) is 0. The van der Waals surface area contributed by atoms with E-state index in [0.717, 1.165) is 23.4 Å². The lowest BCUT2D eigenvalue weighted by molar-refractivity contribution is -0.0343. The van der Waals surface area contributed by atoms with E-state index in [1.165, 1.54) is 0 Å². The second-order valence-electron chi connectivity index (χ2n) is 6.46. The molecule has 1 aromatic carbocycles. The van der Waals surface area contributed by atoms with E-state index >= 15 is 0 Å². The molecule has 0 saturated carbocycles. The number of amides is 1. The lowest BCUT2D eigenvalue weighted by Gasteiger charge is -2.43. The largest absolute Gasteiger partial charge is 0.445 e. The molecular formula is C19H21N3O3. The molecule has 1 amide bonds. The van der Waals surface area contributed by atoms with Gasteiger partial charge in [-0.1, -0.05) is 36.4 Å². The van der Waals surface area contributed by atoms with Crippen molar-refractivity contribution in [3.8, 4) is 0 Å². The van der Waals surface area contributed by atoms with E-state index < -0.39 is 0 Å². The maximum atomic E-state index is 12.6. The van der Waals surface area contributed by atoms with Crippen LogP contribution in [-0.2, 0) is 23.1 Å². The van der Waals surface area contributed by atoms with E-state index in [2.05, 4.69) is 11.1 Å². The molecule has 0 radical (unpaired) electrons. The minimum atomic E-state index is -0.280. The second-order valence-corrected chi connectivity index (χ2v) is 6.46. The van der Waals surface area contributed by atoms with Crippen molar-refractivity contribution in [3.05, 3.63) is 60.2 Å². The number of morpholine rings is 1. The zero-order valence-corrected chi connectivity index (χ0v) is 14.2. The second kappa shape index (κ2) is 6.72. The van der Waals surface area contributed by atoms with Gasteiger partial charge in [0.2, 0.25) is 0 Å². The van der Waals surface area contributed by atoms with Crippen LogP contribution >= 0.6 is 0 Å². The van der Waals surface area contributed by atoms with Crippen molar-refractivity contribution in [2.75, 3.05) is 13.2 Å². The van der Waals surface area contributed by atoms with Crippen LogP contribution in [0, 0.1) is 0 Å². The Labute approximate surface area is 146 Å². The summed E-state index contributed by atoms with van der Waals surface area (Å²) in [7, 11) is 1.98. The van der Waals surface area contributed by atoms with Crippen LogP contribution in [0.2, 0.25) is 0 Å². The van der Waals surface area contributed by atoms with Gasteiger partial charge in [0.15, 0.2) is 0 Å². The van der Waals surface area contributed by atoms with Crippen LogP contribution < -0.4 is 0 Å². The topological polar surface area (TPSA) is 56.6 Å². The van der Waals surface area contributed by atoms with Crippen molar-refractivity contribution in [2.24, 2.45) is 7.05 Å².